The third-order valence-electron chi connectivity index (χ3n) is 11.8. The number of pyridine rings is 5. The standard InChI is InChI=1S/C58H38N6/c1-3-46(59-4-2)49-26-15-29-52(62-49)56-40-20-7-5-18-38(40)55(39-19-6-8-21-41(39)56)37-32-33-44-45(36-37)58(54-31-17-28-51(64-54)48-25-12-14-35-61-48)43-23-10-9-22-42(43)57(44)53-30-16-27-50(63-53)47-24-11-13-34-60-47/h3-36H,1-2H2. The molecule has 0 saturated carbocycles. The van der Waals surface area contributed by atoms with Crippen LogP contribution in [0.5, 0.6) is 0 Å². The Hall–Kier alpha value is -8.74. The van der Waals surface area contributed by atoms with Gasteiger partial charge in [-0.1, -0.05) is 128 Å². The van der Waals surface area contributed by atoms with Gasteiger partial charge in [-0.3, -0.25) is 15.0 Å². The number of benzene rings is 6. The van der Waals surface area contributed by atoms with Crippen molar-refractivity contribution < 1.29 is 0 Å². The van der Waals surface area contributed by atoms with Crippen molar-refractivity contribution in [3.63, 3.8) is 0 Å². The summed E-state index contributed by atoms with van der Waals surface area (Å²) in [4.78, 5) is 29.6. The van der Waals surface area contributed by atoms with Crippen molar-refractivity contribution in [2.24, 2.45) is 4.99 Å². The van der Waals surface area contributed by atoms with Crippen molar-refractivity contribution >= 4 is 48.8 Å². The zero-order valence-corrected chi connectivity index (χ0v) is 34.7. The topological polar surface area (TPSA) is 76.8 Å². The Labute approximate surface area is 370 Å². The van der Waals surface area contributed by atoms with Gasteiger partial charge in [-0.15, -0.1) is 0 Å². The van der Waals surface area contributed by atoms with Crippen LogP contribution in [-0.2, 0) is 0 Å². The second-order valence-corrected chi connectivity index (χ2v) is 15.5. The Bertz CT molecular complexity index is 3600. The third-order valence-corrected chi connectivity index (χ3v) is 11.8. The molecule has 6 heteroatoms. The molecule has 5 aromatic heterocycles. The zero-order chi connectivity index (χ0) is 43.0. The number of aliphatic imine (C=N–C) groups is 1. The van der Waals surface area contributed by atoms with Crippen LogP contribution in [0.4, 0.5) is 0 Å². The van der Waals surface area contributed by atoms with Crippen LogP contribution in [-0.4, -0.2) is 30.6 Å². The Balaban J connectivity index is 1.22. The summed E-state index contributed by atoms with van der Waals surface area (Å²) in [6.45, 7) is 7.80. The van der Waals surface area contributed by atoms with Gasteiger partial charge in [0.1, 0.15) is 0 Å². The molecular formula is C58H38N6. The number of nitrogens with zero attached hydrogens (tertiary/aromatic N) is 6. The Morgan fingerprint density at radius 2 is 0.766 bits per heavy atom. The molecule has 0 unspecified atom stereocenters. The second-order valence-electron chi connectivity index (χ2n) is 15.5. The molecule has 64 heavy (non-hydrogen) atoms. The predicted octanol–water partition coefficient (Wildman–Crippen LogP) is 14.4. The Kier molecular flexibility index (Phi) is 9.71. The van der Waals surface area contributed by atoms with Crippen LogP contribution in [0.15, 0.2) is 225 Å². The summed E-state index contributed by atoms with van der Waals surface area (Å²) in [6.07, 6.45) is 6.86. The molecular weight excluding hydrogens is 781 g/mol. The molecule has 6 nitrogen and oxygen atoms in total. The molecule has 300 valence electrons. The van der Waals surface area contributed by atoms with Crippen molar-refractivity contribution in [3.05, 3.63) is 226 Å². The minimum atomic E-state index is 0.666. The van der Waals surface area contributed by atoms with Gasteiger partial charge >= 0.3 is 0 Å². The maximum absolute atomic E-state index is 5.34. The number of hydrogen-bond acceptors (Lipinski definition) is 6. The lowest BCUT2D eigenvalue weighted by Crippen LogP contribution is -2.01. The first-order valence-electron chi connectivity index (χ1n) is 21.2. The Morgan fingerprint density at radius 3 is 1.23 bits per heavy atom. The summed E-state index contributed by atoms with van der Waals surface area (Å²) in [5.41, 5.74) is 12.6. The lowest BCUT2D eigenvalue weighted by atomic mass is 9.84. The van der Waals surface area contributed by atoms with Crippen molar-refractivity contribution in [1.29, 1.82) is 0 Å². The van der Waals surface area contributed by atoms with Crippen molar-refractivity contribution in [1.82, 2.24) is 24.9 Å². The molecule has 0 aliphatic carbocycles. The van der Waals surface area contributed by atoms with Gasteiger partial charge < -0.3 is 0 Å². The molecule has 0 aliphatic heterocycles. The van der Waals surface area contributed by atoms with Gasteiger partial charge in [0.05, 0.1) is 51.3 Å². The van der Waals surface area contributed by atoms with Crippen LogP contribution in [0.3, 0.4) is 0 Å². The fourth-order valence-corrected chi connectivity index (χ4v) is 9.10. The summed E-state index contributed by atoms with van der Waals surface area (Å²) in [7, 11) is 0. The van der Waals surface area contributed by atoms with E-state index < -0.39 is 0 Å². The molecule has 11 aromatic rings. The highest BCUT2D eigenvalue weighted by atomic mass is 14.8. The number of aromatic nitrogens is 5. The van der Waals surface area contributed by atoms with Crippen LogP contribution in [0, 0.1) is 0 Å². The first-order chi connectivity index (χ1) is 31.7. The van der Waals surface area contributed by atoms with Crippen LogP contribution in [0.1, 0.15) is 5.69 Å². The molecule has 0 spiro atoms. The Morgan fingerprint density at radius 1 is 0.359 bits per heavy atom. The lowest BCUT2D eigenvalue weighted by molar-refractivity contribution is 1.25. The van der Waals surface area contributed by atoms with Crippen LogP contribution in [0.2, 0.25) is 0 Å². The lowest BCUT2D eigenvalue weighted by Gasteiger charge is -2.20. The van der Waals surface area contributed by atoms with Gasteiger partial charge in [-0.2, -0.15) is 0 Å². The van der Waals surface area contributed by atoms with E-state index in [9.17, 15) is 0 Å². The maximum atomic E-state index is 5.34. The molecule has 0 radical (unpaired) electrons. The van der Waals surface area contributed by atoms with E-state index in [1.807, 2.05) is 73.1 Å². The highest BCUT2D eigenvalue weighted by Gasteiger charge is 2.22. The smallest absolute Gasteiger partial charge is 0.0893 e. The second kappa shape index (κ2) is 16.3. The molecule has 0 bridgehead atoms. The van der Waals surface area contributed by atoms with Crippen LogP contribution >= 0.6 is 0 Å². The molecule has 6 aromatic carbocycles. The molecule has 0 aliphatic rings. The van der Waals surface area contributed by atoms with E-state index >= 15 is 0 Å². The zero-order valence-electron chi connectivity index (χ0n) is 34.7. The van der Waals surface area contributed by atoms with Gasteiger partial charge in [0, 0.05) is 35.3 Å². The van der Waals surface area contributed by atoms with Crippen molar-refractivity contribution in [3.8, 4) is 67.7 Å². The van der Waals surface area contributed by atoms with E-state index in [4.69, 9.17) is 15.0 Å². The quantitative estimate of drug-likeness (QED) is 0.107. The van der Waals surface area contributed by atoms with E-state index in [-0.39, 0.29) is 0 Å². The molecule has 0 amide bonds. The van der Waals surface area contributed by atoms with Crippen molar-refractivity contribution in [2.75, 3.05) is 0 Å². The number of hydrogen-bond donors (Lipinski definition) is 0. The van der Waals surface area contributed by atoms with E-state index in [0.29, 0.717) is 5.71 Å². The maximum Gasteiger partial charge on any atom is 0.0893 e. The summed E-state index contributed by atoms with van der Waals surface area (Å²) in [6, 6.07) is 63.1. The number of allylic oxidation sites excluding steroid dienone is 1. The van der Waals surface area contributed by atoms with E-state index in [2.05, 4.69) is 149 Å². The van der Waals surface area contributed by atoms with Gasteiger partial charge in [-0.25, -0.2) is 15.0 Å². The summed E-state index contributed by atoms with van der Waals surface area (Å²) < 4.78 is 0. The van der Waals surface area contributed by atoms with E-state index in [1.165, 1.54) is 6.20 Å². The first-order valence-corrected chi connectivity index (χ1v) is 21.2. The van der Waals surface area contributed by atoms with Gasteiger partial charge in [0.15, 0.2) is 0 Å². The normalized spacial score (nSPS) is 11.7. The SMILES string of the molecule is C=CN=C(C=C)c1cccc(-c2c3ccccc3c(-c3ccc4c(-c5cccc(-c6ccccn6)n5)c5ccccc5c(-c5cccc(-c6ccccn6)n5)c4c3)c3ccccc23)n1. The largest absolute Gasteiger partial charge is 0.255 e. The molecule has 0 saturated heterocycles. The molecule has 11 rings (SSSR count). The predicted molar refractivity (Wildman–Crippen MR) is 265 cm³/mol. The average Bonchev–Trinajstić information content (AvgIpc) is 3.37. The highest BCUT2D eigenvalue weighted by molar-refractivity contribution is 6.24. The fraction of sp³-hybridized carbons (Fsp3) is 0. The number of rotatable bonds is 9. The molecule has 0 N–H and O–H groups in total. The minimum Gasteiger partial charge on any atom is -0.255 e. The average molecular weight is 819 g/mol. The summed E-state index contributed by atoms with van der Waals surface area (Å²) in [5, 5.41) is 8.73. The van der Waals surface area contributed by atoms with Gasteiger partial charge in [0.25, 0.3) is 0 Å². The van der Waals surface area contributed by atoms with E-state index in [0.717, 1.165) is 116 Å². The molecule has 5 heterocycles. The van der Waals surface area contributed by atoms with Gasteiger partial charge in [-0.05, 0) is 127 Å². The molecule has 0 fully saturated rings. The summed E-state index contributed by atoms with van der Waals surface area (Å²) >= 11 is 0. The minimum absolute atomic E-state index is 0.666. The van der Waals surface area contributed by atoms with Crippen molar-refractivity contribution in [2.45, 2.75) is 0 Å². The van der Waals surface area contributed by atoms with Crippen LogP contribution < -0.4 is 0 Å². The number of fused-ring (bicyclic) bond motifs is 4. The monoisotopic (exact) mass is 818 g/mol. The highest BCUT2D eigenvalue weighted by Crippen LogP contribution is 2.48. The summed E-state index contributed by atoms with van der Waals surface area (Å²) in [5.74, 6) is 0. The molecule has 0 atom stereocenters. The van der Waals surface area contributed by atoms with Gasteiger partial charge in [0.2, 0.25) is 0 Å². The van der Waals surface area contributed by atoms with Crippen LogP contribution in [0.25, 0.3) is 111 Å². The third kappa shape index (κ3) is 6.62. The fourth-order valence-electron chi connectivity index (χ4n) is 9.10. The van der Waals surface area contributed by atoms with E-state index in [1.54, 1.807) is 6.08 Å². The first kappa shape index (κ1) is 38.2.